The van der Waals surface area contributed by atoms with Crippen molar-refractivity contribution in [3.8, 4) is 0 Å². The Labute approximate surface area is 53.8 Å². The molecular weight excluding hydrogens is 124 g/mol. The summed E-state index contributed by atoms with van der Waals surface area (Å²) in [7, 11) is 2.31. The Morgan fingerprint density at radius 2 is 2.00 bits per heavy atom. The van der Waals surface area contributed by atoms with E-state index in [1.807, 2.05) is 0 Å². The molecule has 0 atom stereocenters. The molecular formula is C4H11N2O3-. The standard InChI is InChI=1S/C4H11N2O3/c1-5(3-4-7)6(2,8)9/h7H,3-4H2,1-2H3/q-1. The maximum atomic E-state index is 10.4. The van der Waals surface area contributed by atoms with Crippen LogP contribution < -0.4 is 0 Å². The van der Waals surface area contributed by atoms with E-state index < -0.39 is 4.92 Å². The molecule has 1 N–H and O–H groups in total. The van der Waals surface area contributed by atoms with Crippen LogP contribution in [0.5, 0.6) is 0 Å². The van der Waals surface area contributed by atoms with Gasteiger partial charge in [0.2, 0.25) is 0 Å². The largest absolute Gasteiger partial charge is 0.611 e. The summed E-state index contributed by atoms with van der Waals surface area (Å²) in [5, 5.41) is 30.0. The average Bonchev–Trinajstić information content (AvgIpc) is 1.64. The summed E-state index contributed by atoms with van der Waals surface area (Å²) < 4.78 is 0. The first-order chi connectivity index (χ1) is 3.98. The SMILES string of the molecule is CN(CCO)[N+](C)([O-])[O-]. The fourth-order valence-electron chi connectivity index (χ4n) is 0.326. The van der Waals surface area contributed by atoms with Crippen molar-refractivity contribution in [1.82, 2.24) is 5.01 Å². The predicted molar refractivity (Wildman–Crippen MR) is 32.6 cm³/mol. The topological polar surface area (TPSA) is 69.6 Å². The van der Waals surface area contributed by atoms with E-state index in [0.29, 0.717) is 0 Å². The second-order valence-corrected chi connectivity index (χ2v) is 1.91. The highest BCUT2D eigenvalue weighted by atomic mass is 16.9. The van der Waals surface area contributed by atoms with Gasteiger partial charge in [0.05, 0.1) is 20.2 Å². The maximum Gasteiger partial charge on any atom is 0.0857 e. The highest BCUT2D eigenvalue weighted by Crippen LogP contribution is 1.98. The molecule has 0 aliphatic carbocycles. The van der Waals surface area contributed by atoms with Crippen LogP contribution in [0.2, 0.25) is 0 Å². The Hall–Kier alpha value is -0.200. The molecule has 0 fully saturated rings. The molecule has 0 rings (SSSR count). The maximum absolute atomic E-state index is 10.4. The van der Waals surface area contributed by atoms with Crippen LogP contribution >= 0.6 is 0 Å². The van der Waals surface area contributed by atoms with Crippen molar-refractivity contribution in [3.05, 3.63) is 10.4 Å². The van der Waals surface area contributed by atoms with Gasteiger partial charge in [-0.05, 0) is 0 Å². The summed E-state index contributed by atoms with van der Waals surface area (Å²) in [4.78, 5) is -1.74. The zero-order valence-corrected chi connectivity index (χ0v) is 5.57. The summed E-state index contributed by atoms with van der Waals surface area (Å²) in [5.74, 6) is 0. The van der Waals surface area contributed by atoms with E-state index in [-0.39, 0.29) is 13.2 Å². The molecule has 9 heavy (non-hydrogen) atoms. The molecule has 0 aromatic rings. The van der Waals surface area contributed by atoms with Crippen molar-refractivity contribution in [2.45, 2.75) is 0 Å². The van der Waals surface area contributed by atoms with E-state index in [9.17, 15) is 10.4 Å². The number of hydroxylamine groups is 2. The van der Waals surface area contributed by atoms with Crippen molar-refractivity contribution in [2.75, 3.05) is 27.2 Å². The summed E-state index contributed by atoms with van der Waals surface area (Å²) >= 11 is 0. The lowest BCUT2D eigenvalue weighted by molar-refractivity contribution is -0.930. The fourth-order valence-corrected chi connectivity index (χ4v) is 0.326. The molecule has 0 saturated heterocycles. The van der Waals surface area contributed by atoms with Gasteiger partial charge in [0.15, 0.2) is 0 Å². The lowest BCUT2D eigenvalue weighted by atomic mass is 10.7. The molecule has 0 bridgehead atoms. The average molecular weight is 135 g/mol. The third kappa shape index (κ3) is 3.39. The van der Waals surface area contributed by atoms with Gasteiger partial charge < -0.3 is 20.4 Å². The van der Waals surface area contributed by atoms with E-state index in [1.54, 1.807) is 0 Å². The van der Waals surface area contributed by atoms with Gasteiger partial charge in [0.1, 0.15) is 0 Å². The number of likely N-dealkylation sites (N-methyl/N-ethyl adjacent to an activating group) is 1. The van der Waals surface area contributed by atoms with Crippen molar-refractivity contribution < 1.29 is 10.0 Å². The van der Waals surface area contributed by atoms with Crippen LogP contribution in [-0.4, -0.2) is 42.3 Å². The van der Waals surface area contributed by atoms with Gasteiger partial charge in [-0.1, -0.05) is 0 Å². The van der Waals surface area contributed by atoms with Crippen LogP contribution in [0.15, 0.2) is 0 Å². The molecule has 0 unspecified atom stereocenters. The van der Waals surface area contributed by atoms with Crippen LogP contribution in [0.25, 0.3) is 0 Å². The Balaban J connectivity index is 3.59. The second kappa shape index (κ2) is 3.09. The Morgan fingerprint density at radius 3 is 2.11 bits per heavy atom. The first kappa shape index (κ1) is 8.80. The van der Waals surface area contributed by atoms with Crippen LogP contribution in [0.4, 0.5) is 0 Å². The molecule has 0 aromatic heterocycles. The van der Waals surface area contributed by atoms with E-state index >= 15 is 0 Å². The minimum Gasteiger partial charge on any atom is -0.611 e. The Bertz CT molecular complexity index is 80.4. The molecule has 0 radical (unpaired) electrons. The van der Waals surface area contributed by atoms with Gasteiger partial charge in [-0.15, -0.1) is 0 Å². The molecule has 0 aromatic carbocycles. The lowest BCUT2D eigenvalue weighted by Gasteiger charge is -2.48. The third-order valence-corrected chi connectivity index (χ3v) is 1.04. The first-order valence-electron chi connectivity index (χ1n) is 2.59. The molecule has 56 valence electrons. The van der Waals surface area contributed by atoms with Gasteiger partial charge in [0, 0.05) is 7.05 Å². The van der Waals surface area contributed by atoms with Gasteiger partial charge in [-0.3, -0.25) is 0 Å². The van der Waals surface area contributed by atoms with E-state index in [1.165, 1.54) is 7.05 Å². The van der Waals surface area contributed by atoms with Gasteiger partial charge >= 0.3 is 0 Å². The normalized spacial score (nSPS) is 12.7. The number of aliphatic hydroxyl groups excluding tert-OH is 1. The van der Waals surface area contributed by atoms with Crippen LogP contribution in [0, 0.1) is 10.4 Å². The molecule has 0 heterocycles. The molecule has 0 spiro atoms. The molecule has 0 saturated carbocycles. The van der Waals surface area contributed by atoms with Crippen molar-refractivity contribution in [1.29, 1.82) is 0 Å². The van der Waals surface area contributed by atoms with Crippen molar-refractivity contribution >= 4 is 0 Å². The fraction of sp³-hybridized carbons (Fsp3) is 1.00. The minimum atomic E-state index is -1.74. The van der Waals surface area contributed by atoms with Crippen molar-refractivity contribution in [2.24, 2.45) is 0 Å². The van der Waals surface area contributed by atoms with E-state index in [4.69, 9.17) is 5.11 Å². The molecule has 0 aliphatic rings. The smallest absolute Gasteiger partial charge is 0.0857 e. The summed E-state index contributed by atoms with van der Waals surface area (Å²) in [6.07, 6.45) is 0. The van der Waals surface area contributed by atoms with Gasteiger partial charge in [-0.2, -0.15) is 5.01 Å². The number of aliphatic hydroxyl groups is 1. The summed E-state index contributed by atoms with van der Waals surface area (Å²) in [6, 6.07) is 0. The minimum absolute atomic E-state index is 0.101. The second-order valence-electron chi connectivity index (χ2n) is 1.91. The molecule has 5 heteroatoms. The van der Waals surface area contributed by atoms with Crippen LogP contribution in [0.1, 0.15) is 0 Å². The van der Waals surface area contributed by atoms with E-state index in [0.717, 1.165) is 12.1 Å². The molecule has 0 aliphatic heterocycles. The number of hydrogen-bond donors (Lipinski definition) is 1. The van der Waals surface area contributed by atoms with Gasteiger partial charge in [0.25, 0.3) is 0 Å². The van der Waals surface area contributed by atoms with Crippen LogP contribution in [0.3, 0.4) is 0 Å². The quantitative estimate of drug-likeness (QED) is 0.409. The van der Waals surface area contributed by atoms with Gasteiger partial charge in [-0.25, -0.2) is 0 Å². The summed E-state index contributed by atoms with van der Waals surface area (Å²) in [6.45, 7) is -0.0711. The van der Waals surface area contributed by atoms with E-state index in [2.05, 4.69) is 0 Å². The zero-order chi connectivity index (χ0) is 7.49. The highest BCUT2D eigenvalue weighted by molar-refractivity contribution is 4.36. The third-order valence-electron chi connectivity index (χ3n) is 1.04. The van der Waals surface area contributed by atoms with Crippen molar-refractivity contribution in [3.63, 3.8) is 0 Å². The number of nitrogens with zero attached hydrogens (tertiary/aromatic N) is 2. The predicted octanol–water partition coefficient (Wildman–Crippen LogP) is -0.732. The molecule has 0 amide bonds. The number of quaternary nitrogens is 1. The lowest BCUT2D eigenvalue weighted by Crippen LogP contribution is -2.47. The monoisotopic (exact) mass is 135 g/mol. The molecule has 5 nitrogen and oxygen atoms in total. The highest BCUT2D eigenvalue weighted by Gasteiger charge is 2.04. The Kier molecular flexibility index (Phi) is 3.02. The summed E-state index contributed by atoms with van der Waals surface area (Å²) in [5.41, 5.74) is 0. The number of rotatable bonds is 3. The Morgan fingerprint density at radius 1 is 1.56 bits per heavy atom. The van der Waals surface area contributed by atoms with Crippen LogP contribution in [-0.2, 0) is 0 Å². The zero-order valence-electron chi connectivity index (χ0n) is 5.57. The first-order valence-corrected chi connectivity index (χ1v) is 2.59. The number of hydrogen-bond acceptors (Lipinski definition) is 4.